The van der Waals surface area contributed by atoms with E-state index in [-0.39, 0.29) is 5.91 Å². The maximum Gasteiger partial charge on any atom is 0.259 e. The van der Waals surface area contributed by atoms with E-state index in [0.717, 1.165) is 37.9 Å². The molecule has 0 heterocycles. The third kappa shape index (κ3) is 7.22. The Labute approximate surface area is 184 Å². The van der Waals surface area contributed by atoms with Crippen molar-refractivity contribution in [3.8, 4) is 5.75 Å². The third-order valence-corrected chi connectivity index (χ3v) is 5.12. The smallest absolute Gasteiger partial charge is 0.259 e. The number of ether oxygens (including phenoxy) is 1. The Bertz CT molecular complexity index is 796. The van der Waals surface area contributed by atoms with Crippen LogP contribution in [0, 0.1) is 0 Å². The lowest BCUT2D eigenvalue weighted by atomic mass is 10.1. The van der Waals surface area contributed by atoms with Crippen LogP contribution in [0.1, 0.15) is 43.0 Å². The predicted molar refractivity (Wildman–Crippen MR) is 123 cm³/mol. The van der Waals surface area contributed by atoms with Gasteiger partial charge in [0.25, 0.3) is 5.91 Å². The summed E-state index contributed by atoms with van der Waals surface area (Å²) < 4.78 is 5.98. The molecule has 2 aromatic carbocycles. The molecule has 2 aromatic rings. The summed E-state index contributed by atoms with van der Waals surface area (Å²) in [6.07, 6.45) is 3.86. The van der Waals surface area contributed by atoms with E-state index in [9.17, 15) is 4.79 Å². The second-order valence-electron chi connectivity index (χ2n) is 7.26. The molecule has 29 heavy (non-hydrogen) atoms. The number of unbranched alkanes of at least 4 members (excludes halogenated alkanes) is 2. The molecule has 0 spiro atoms. The first-order chi connectivity index (χ1) is 13.9. The Morgan fingerprint density at radius 2 is 1.72 bits per heavy atom. The van der Waals surface area contributed by atoms with Gasteiger partial charge in [0, 0.05) is 11.6 Å². The van der Waals surface area contributed by atoms with Gasteiger partial charge in [-0.3, -0.25) is 4.79 Å². The zero-order valence-corrected chi connectivity index (χ0v) is 19.0. The molecule has 2 rings (SSSR count). The highest BCUT2D eigenvalue weighted by Crippen LogP contribution is 2.32. The Morgan fingerprint density at radius 1 is 1.00 bits per heavy atom. The van der Waals surface area contributed by atoms with Gasteiger partial charge in [0.2, 0.25) is 0 Å². The summed E-state index contributed by atoms with van der Waals surface area (Å²) in [4.78, 5) is 17.3. The number of carbonyl (C=O) groups excluding carboxylic acids is 1. The first kappa shape index (κ1) is 23.5. The molecule has 0 N–H and O–H groups in total. The topological polar surface area (TPSA) is 32.8 Å². The van der Waals surface area contributed by atoms with Gasteiger partial charge in [-0.1, -0.05) is 48.7 Å². The molecule has 0 aromatic heterocycles. The van der Waals surface area contributed by atoms with Crippen LogP contribution in [-0.4, -0.2) is 44.6 Å². The molecule has 0 atom stereocenters. The maximum absolute atomic E-state index is 13.4. The number of benzene rings is 2. The summed E-state index contributed by atoms with van der Waals surface area (Å²) in [6, 6.07) is 12.6. The lowest BCUT2D eigenvalue weighted by molar-refractivity contribution is 0.0985. The second-order valence-corrected chi connectivity index (χ2v) is 8.10. The van der Waals surface area contributed by atoms with Crippen LogP contribution >= 0.6 is 23.2 Å². The largest absolute Gasteiger partial charge is 0.491 e. The van der Waals surface area contributed by atoms with E-state index < -0.39 is 0 Å². The fraction of sp³-hybridized carbons (Fsp3) is 0.435. The molecule has 0 saturated carbocycles. The molecular weight excluding hydrogens is 407 g/mol. The summed E-state index contributed by atoms with van der Waals surface area (Å²) in [6.45, 7) is 4.28. The Morgan fingerprint density at radius 3 is 2.45 bits per heavy atom. The molecular formula is C23H30Cl2N2O2. The van der Waals surface area contributed by atoms with Crippen LogP contribution in [0.15, 0.2) is 42.5 Å². The average Bonchev–Trinajstić information content (AvgIpc) is 2.70. The zero-order chi connectivity index (χ0) is 21.2. The number of hydrogen-bond acceptors (Lipinski definition) is 3. The van der Waals surface area contributed by atoms with Gasteiger partial charge in [0.15, 0.2) is 0 Å². The average molecular weight is 437 g/mol. The summed E-state index contributed by atoms with van der Waals surface area (Å²) in [5, 5.41) is 0.875. The Kier molecular flexibility index (Phi) is 9.79. The van der Waals surface area contributed by atoms with E-state index in [1.54, 1.807) is 23.1 Å². The van der Waals surface area contributed by atoms with E-state index in [1.807, 2.05) is 38.4 Å². The minimum absolute atomic E-state index is 0.172. The van der Waals surface area contributed by atoms with E-state index in [0.29, 0.717) is 34.5 Å². The second kappa shape index (κ2) is 12.1. The fourth-order valence-corrected chi connectivity index (χ4v) is 3.34. The molecule has 0 saturated heterocycles. The number of amides is 1. The van der Waals surface area contributed by atoms with Gasteiger partial charge >= 0.3 is 0 Å². The SMILES string of the molecule is CCCCOc1ccccc1N(CCCCN(C)C)C(=O)c1cc(Cl)ccc1Cl. The number of carbonyl (C=O) groups is 1. The van der Waals surface area contributed by atoms with Gasteiger partial charge < -0.3 is 14.5 Å². The number of anilines is 1. The molecule has 0 bridgehead atoms. The first-order valence-corrected chi connectivity index (χ1v) is 10.8. The van der Waals surface area contributed by atoms with Crippen molar-refractivity contribution in [2.45, 2.75) is 32.6 Å². The van der Waals surface area contributed by atoms with Crippen molar-refractivity contribution in [2.24, 2.45) is 0 Å². The summed E-state index contributed by atoms with van der Waals surface area (Å²) in [5.41, 5.74) is 1.16. The summed E-state index contributed by atoms with van der Waals surface area (Å²) in [5.74, 6) is 0.536. The first-order valence-electron chi connectivity index (χ1n) is 10.1. The lowest BCUT2D eigenvalue weighted by Gasteiger charge is -2.26. The molecule has 0 unspecified atom stereocenters. The highest BCUT2D eigenvalue weighted by Gasteiger charge is 2.23. The van der Waals surface area contributed by atoms with Crippen molar-refractivity contribution in [2.75, 3.05) is 38.7 Å². The number of para-hydroxylation sites is 2. The quantitative estimate of drug-likeness (QED) is 0.395. The number of hydrogen-bond donors (Lipinski definition) is 0. The van der Waals surface area contributed by atoms with Crippen molar-refractivity contribution in [3.05, 3.63) is 58.1 Å². The normalized spacial score (nSPS) is 11.0. The predicted octanol–water partition coefficient (Wildman–Crippen LogP) is 6.16. The monoisotopic (exact) mass is 436 g/mol. The van der Waals surface area contributed by atoms with Gasteiger partial charge in [0.05, 0.1) is 22.9 Å². The third-order valence-electron chi connectivity index (χ3n) is 4.55. The van der Waals surface area contributed by atoms with Gasteiger partial charge in [-0.25, -0.2) is 0 Å². The van der Waals surface area contributed by atoms with Crippen LogP contribution in [-0.2, 0) is 0 Å². The van der Waals surface area contributed by atoms with E-state index >= 15 is 0 Å². The molecule has 1 amide bonds. The van der Waals surface area contributed by atoms with Crippen LogP contribution in [0.25, 0.3) is 0 Å². The van der Waals surface area contributed by atoms with Crippen molar-refractivity contribution < 1.29 is 9.53 Å². The molecule has 0 radical (unpaired) electrons. The van der Waals surface area contributed by atoms with E-state index in [1.165, 1.54) is 0 Å². The highest BCUT2D eigenvalue weighted by atomic mass is 35.5. The molecule has 158 valence electrons. The van der Waals surface area contributed by atoms with Crippen molar-refractivity contribution in [3.63, 3.8) is 0 Å². The van der Waals surface area contributed by atoms with Crippen molar-refractivity contribution in [1.29, 1.82) is 0 Å². The standard InChI is InChI=1S/C23H30Cl2N2O2/c1-4-5-16-29-22-11-7-6-10-21(22)27(15-9-8-14-26(2)3)23(28)19-17-18(24)12-13-20(19)25/h6-7,10-13,17H,4-5,8-9,14-16H2,1-3H3. The Hall–Kier alpha value is -1.75. The van der Waals surface area contributed by atoms with E-state index in [4.69, 9.17) is 27.9 Å². The highest BCUT2D eigenvalue weighted by molar-refractivity contribution is 6.36. The molecule has 0 aliphatic carbocycles. The van der Waals surface area contributed by atoms with Gasteiger partial charge in [-0.15, -0.1) is 0 Å². The number of rotatable bonds is 11. The van der Waals surface area contributed by atoms with Gasteiger partial charge in [0.1, 0.15) is 5.75 Å². The maximum atomic E-state index is 13.4. The van der Waals surface area contributed by atoms with Crippen LogP contribution in [0.3, 0.4) is 0 Å². The Balaban J connectivity index is 2.32. The van der Waals surface area contributed by atoms with Crippen LogP contribution < -0.4 is 9.64 Å². The number of nitrogens with zero attached hydrogens (tertiary/aromatic N) is 2. The number of halogens is 2. The molecule has 0 aliphatic heterocycles. The molecule has 4 nitrogen and oxygen atoms in total. The van der Waals surface area contributed by atoms with Gasteiger partial charge in [-0.2, -0.15) is 0 Å². The molecule has 0 aliphatic rings. The summed E-state index contributed by atoms with van der Waals surface area (Å²) in [7, 11) is 4.09. The van der Waals surface area contributed by atoms with Crippen LogP contribution in [0.5, 0.6) is 5.75 Å². The fourth-order valence-electron chi connectivity index (χ4n) is 2.96. The summed E-state index contributed by atoms with van der Waals surface area (Å²) >= 11 is 12.5. The molecule has 0 fully saturated rings. The van der Waals surface area contributed by atoms with Gasteiger partial charge in [-0.05, 0) is 70.2 Å². The minimum atomic E-state index is -0.172. The van der Waals surface area contributed by atoms with Crippen LogP contribution in [0.4, 0.5) is 5.69 Å². The van der Waals surface area contributed by atoms with Crippen molar-refractivity contribution >= 4 is 34.8 Å². The zero-order valence-electron chi connectivity index (χ0n) is 17.5. The minimum Gasteiger partial charge on any atom is -0.491 e. The van der Waals surface area contributed by atoms with Crippen LogP contribution in [0.2, 0.25) is 10.0 Å². The van der Waals surface area contributed by atoms with Crippen molar-refractivity contribution in [1.82, 2.24) is 4.90 Å². The lowest BCUT2D eigenvalue weighted by Crippen LogP contribution is -2.33. The van der Waals surface area contributed by atoms with E-state index in [2.05, 4.69) is 11.8 Å². The molecule has 6 heteroatoms.